The molecule has 0 aliphatic rings. The highest BCUT2D eigenvalue weighted by Gasteiger charge is 1.91. The van der Waals surface area contributed by atoms with Crippen molar-refractivity contribution in [3.8, 4) is 0 Å². The van der Waals surface area contributed by atoms with Gasteiger partial charge in [0, 0.05) is 0 Å². The lowest BCUT2D eigenvalue weighted by atomic mass is 10.1. The van der Waals surface area contributed by atoms with Crippen molar-refractivity contribution in [1.82, 2.24) is 0 Å². The second-order valence-electron chi connectivity index (χ2n) is 3.77. The van der Waals surface area contributed by atoms with E-state index in [1.807, 2.05) is 6.08 Å². The Morgan fingerprint density at radius 2 is 1.69 bits per heavy atom. The van der Waals surface area contributed by atoms with Crippen molar-refractivity contribution in [1.29, 1.82) is 0 Å². The van der Waals surface area contributed by atoms with Crippen molar-refractivity contribution in [2.75, 3.05) is 0 Å². The van der Waals surface area contributed by atoms with Gasteiger partial charge in [-0.15, -0.1) is 0 Å². The average molecular weight is 180 g/mol. The van der Waals surface area contributed by atoms with E-state index in [1.165, 1.54) is 50.5 Å². The van der Waals surface area contributed by atoms with E-state index in [-0.39, 0.29) is 0 Å². The van der Waals surface area contributed by atoms with Gasteiger partial charge < -0.3 is 0 Å². The van der Waals surface area contributed by atoms with Crippen molar-refractivity contribution >= 4 is 0 Å². The van der Waals surface area contributed by atoms with E-state index in [0.717, 1.165) is 0 Å². The minimum atomic E-state index is 1.25. The zero-order valence-corrected chi connectivity index (χ0v) is 9.31. The summed E-state index contributed by atoms with van der Waals surface area (Å²) in [5, 5.41) is 0. The highest BCUT2D eigenvalue weighted by molar-refractivity contribution is 5.07. The number of unbranched alkanes of at least 4 members (excludes halogenated alkanes) is 5. The second kappa shape index (κ2) is 9.57. The highest BCUT2D eigenvalue weighted by Crippen LogP contribution is 2.11. The van der Waals surface area contributed by atoms with Crippen LogP contribution >= 0.6 is 0 Å². The first-order valence-electron chi connectivity index (χ1n) is 5.59. The Labute approximate surface area is 83.7 Å². The SMILES string of the molecule is C=C/C=C(\C)CCCCCCCC. The molecule has 0 saturated heterocycles. The van der Waals surface area contributed by atoms with Gasteiger partial charge in [0.05, 0.1) is 0 Å². The minimum Gasteiger partial charge on any atom is -0.0991 e. The maximum absolute atomic E-state index is 3.69. The summed E-state index contributed by atoms with van der Waals surface area (Å²) in [4.78, 5) is 0. The Kier molecular flexibility index (Phi) is 9.18. The molecule has 0 aromatic carbocycles. The number of rotatable bonds is 8. The monoisotopic (exact) mass is 180 g/mol. The van der Waals surface area contributed by atoms with E-state index in [1.54, 1.807) is 0 Å². The maximum atomic E-state index is 3.69. The lowest BCUT2D eigenvalue weighted by molar-refractivity contribution is 0.606. The predicted molar refractivity (Wildman–Crippen MR) is 61.9 cm³/mol. The normalized spacial score (nSPS) is 11.7. The molecule has 0 bridgehead atoms. The van der Waals surface area contributed by atoms with Crippen LogP contribution < -0.4 is 0 Å². The van der Waals surface area contributed by atoms with Crippen LogP contribution in [0.4, 0.5) is 0 Å². The van der Waals surface area contributed by atoms with E-state index >= 15 is 0 Å². The van der Waals surface area contributed by atoms with Gasteiger partial charge >= 0.3 is 0 Å². The van der Waals surface area contributed by atoms with Crippen LogP contribution in [0.3, 0.4) is 0 Å². The smallest absolute Gasteiger partial charge is 0.0320 e. The van der Waals surface area contributed by atoms with Gasteiger partial charge in [0.15, 0.2) is 0 Å². The van der Waals surface area contributed by atoms with Crippen molar-refractivity contribution in [2.24, 2.45) is 0 Å². The third-order valence-electron chi connectivity index (χ3n) is 2.33. The van der Waals surface area contributed by atoms with Gasteiger partial charge in [-0.05, 0) is 19.8 Å². The van der Waals surface area contributed by atoms with Crippen molar-refractivity contribution in [3.05, 3.63) is 24.3 Å². The van der Waals surface area contributed by atoms with Crippen molar-refractivity contribution < 1.29 is 0 Å². The molecular weight excluding hydrogens is 156 g/mol. The standard InChI is InChI=1S/C13H24/c1-4-6-7-8-9-10-12-13(3)11-5-2/h5,11H,2,4,6-10,12H2,1,3H3/b13-11+. The number of hydrogen-bond acceptors (Lipinski definition) is 0. The van der Waals surface area contributed by atoms with Gasteiger partial charge in [0.1, 0.15) is 0 Å². The third-order valence-corrected chi connectivity index (χ3v) is 2.33. The molecule has 0 amide bonds. The molecule has 0 aliphatic carbocycles. The fourth-order valence-electron chi connectivity index (χ4n) is 1.47. The van der Waals surface area contributed by atoms with Gasteiger partial charge in [-0.3, -0.25) is 0 Å². The zero-order valence-electron chi connectivity index (χ0n) is 9.31. The fraction of sp³-hybridized carbons (Fsp3) is 0.692. The van der Waals surface area contributed by atoms with Crippen molar-refractivity contribution in [3.63, 3.8) is 0 Å². The van der Waals surface area contributed by atoms with Gasteiger partial charge in [-0.2, -0.15) is 0 Å². The van der Waals surface area contributed by atoms with E-state index < -0.39 is 0 Å². The lowest BCUT2D eigenvalue weighted by Gasteiger charge is -2.00. The predicted octanol–water partition coefficient (Wildman–Crippen LogP) is 4.87. The molecule has 0 saturated carbocycles. The molecule has 0 fully saturated rings. The number of hydrogen-bond donors (Lipinski definition) is 0. The van der Waals surface area contributed by atoms with Gasteiger partial charge in [0.25, 0.3) is 0 Å². The molecule has 0 heteroatoms. The van der Waals surface area contributed by atoms with Crippen LogP contribution in [0.5, 0.6) is 0 Å². The quantitative estimate of drug-likeness (QED) is 0.369. The molecule has 0 aliphatic heterocycles. The summed E-state index contributed by atoms with van der Waals surface area (Å²) in [6, 6.07) is 0. The Morgan fingerprint density at radius 1 is 1.08 bits per heavy atom. The van der Waals surface area contributed by atoms with E-state index in [9.17, 15) is 0 Å². The summed E-state index contributed by atoms with van der Waals surface area (Å²) >= 11 is 0. The summed E-state index contributed by atoms with van der Waals surface area (Å²) in [7, 11) is 0. The Morgan fingerprint density at radius 3 is 2.31 bits per heavy atom. The fourth-order valence-corrected chi connectivity index (χ4v) is 1.47. The molecule has 0 aromatic rings. The zero-order chi connectivity index (χ0) is 9.94. The second-order valence-corrected chi connectivity index (χ2v) is 3.77. The summed E-state index contributed by atoms with van der Waals surface area (Å²) in [5.41, 5.74) is 1.46. The molecule has 0 N–H and O–H groups in total. The summed E-state index contributed by atoms with van der Waals surface area (Å²) in [5.74, 6) is 0. The minimum absolute atomic E-state index is 1.25. The molecule has 0 atom stereocenters. The Hall–Kier alpha value is -0.520. The van der Waals surface area contributed by atoms with Crippen LogP contribution in [0.1, 0.15) is 58.8 Å². The molecule has 0 radical (unpaired) electrons. The average Bonchev–Trinajstić information content (AvgIpc) is 2.11. The Bertz CT molecular complexity index is 142. The largest absolute Gasteiger partial charge is 0.0991 e. The molecule has 76 valence electrons. The molecular formula is C13H24. The Balaban J connectivity index is 3.16. The van der Waals surface area contributed by atoms with Gasteiger partial charge in [-0.1, -0.05) is 63.3 Å². The van der Waals surface area contributed by atoms with E-state index in [4.69, 9.17) is 0 Å². The topological polar surface area (TPSA) is 0 Å². The molecule has 0 aromatic heterocycles. The summed E-state index contributed by atoms with van der Waals surface area (Å²) in [6.07, 6.45) is 13.6. The number of allylic oxidation sites excluding steroid dienone is 3. The first-order chi connectivity index (χ1) is 6.31. The maximum Gasteiger partial charge on any atom is -0.0320 e. The first kappa shape index (κ1) is 12.5. The molecule has 0 heterocycles. The molecule has 0 nitrogen and oxygen atoms in total. The van der Waals surface area contributed by atoms with Crippen LogP contribution in [-0.2, 0) is 0 Å². The molecule has 0 spiro atoms. The first-order valence-corrected chi connectivity index (χ1v) is 5.59. The van der Waals surface area contributed by atoms with Crippen LogP contribution in [0.2, 0.25) is 0 Å². The highest BCUT2D eigenvalue weighted by atomic mass is 14.0. The third kappa shape index (κ3) is 9.39. The van der Waals surface area contributed by atoms with Gasteiger partial charge in [0.2, 0.25) is 0 Å². The van der Waals surface area contributed by atoms with Crippen LogP contribution in [0.25, 0.3) is 0 Å². The molecule has 0 unspecified atom stereocenters. The molecule has 0 rings (SSSR count). The van der Waals surface area contributed by atoms with Crippen molar-refractivity contribution in [2.45, 2.75) is 58.8 Å². The van der Waals surface area contributed by atoms with Crippen LogP contribution in [-0.4, -0.2) is 0 Å². The van der Waals surface area contributed by atoms with E-state index in [2.05, 4.69) is 26.5 Å². The van der Waals surface area contributed by atoms with Crippen LogP contribution in [0.15, 0.2) is 24.3 Å². The van der Waals surface area contributed by atoms with Crippen LogP contribution in [0, 0.1) is 0 Å². The van der Waals surface area contributed by atoms with Gasteiger partial charge in [-0.25, -0.2) is 0 Å². The summed E-state index contributed by atoms with van der Waals surface area (Å²) < 4.78 is 0. The summed E-state index contributed by atoms with van der Waals surface area (Å²) in [6.45, 7) is 8.14. The van der Waals surface area contributed by atoms with E-state index in [0.29, 0.717) is 0 Å². The lowest BCUT2D eigenvalue weighted by Crippen LogP contribution is -1.80. The molecule has 13 heavy (non-hydrogen) atoms.